The van der Waals surface area contributed by atoms with Crippen LogP contribution in [-0.4, -0.2) is 20.7 Å². The van der Waals surface area contributed by atoms with Crippen molar-refractivity contribution in [3.63, 3.8) is 0 Å². The van der Waals surface area contributed by atoms with Gasteiger partial charge in [0.05, 0.1) is 15.1 Å². The third kappa shape index (κ3) is 5.26. The molecule has 0 aliphatic carbocycles. The molecule has 9 heteroatoms. The predicted molar refractivity (Wildman–Crippen MR) is 102 cm³/mol. The molecule has 2 aromatic carbocycles. The SMILES string of the molecule is O=S(=O)(NCCSc1ccc(Br)cc1)c1ccc(Cl)c(Cl)c1Cl. The molecule has 0 amide bonds. The molecule has 0 radical (unpaired) electrons. The Labute approximate surface area is 162 Å². The second-order valence-corrected chi connectivity index (χ2v) is 9.36. The van der Waals surface area contributed by atoms with Gasteiger partial charge in [-0.1, -0.05) is 50.7 Å². The van der Waals surface area contributed by atoms with E-state index in [-0.39, 0.29) is 26.5 Å². The second kappa shape index (κ2) is 8.43. The van der Waals surface area contributed by atoms with E-state index in [2.05, 4.69) is 20.7 Å². The molecule has 2 rings (SSSR count). The second-order valence-electron chi connectivity index (χ2n) is 4.37. The molecule has 2 aromatic rings. The minimum absolute atomic E-state index is 0.0282. The van der Waals surface area contributed by atoms with Gasteiger partial charge in [-0.25, -0.2) is 13.1 Å². The predicted octanol–water partition coefficient (Wildman–Crippen LogP) is 5.48. The van der Waals surface area contributed by atoms with Crippen molar-refractivity contribution in [3.8, 4) is 0 Å². The fraction of sp³-hybridized carbons (Fsp3) is 0.143. The first-order chi connectivity index (χ1) is 10.8. The van der Waals surface area contributed by atoms with E-state index in [4.69, 9.17) is 34.8 Å². The van der Waals surface area contributed by atoms with Crippen molar-refractivity contribution in [2.24, 2.45) is 0 Å². The molecule has 124 valence electrons. The Kier molecular flexibility index (Phi) is 7.10. The van der Waals surface area contributed by atoms with Crippen molar-refractivity contribution in [2.75, 3.05) is 12.3 Å². The number of hydrogen-bond donors (Lipinski definition) is 1. The van der Waals surface area contributed by atoms with Crippen molar-refractivity contribution in [1.29, 1.82) is 0 Å². The summed E-state index contributed by atoms with van der Waals surface area (Å²) in [5.74, 6) is 0.583. The fourth-order valence-corrected chi connectivity index (χ4v) is 4.84. The number of benzene rings is 2. The van der Waals surface area contributed by atoms with E-state index in [0.29, 0.717) is 5.75 Å². The molecule has 0 aliphatic rings. The molecule has 0 bridgehead atoms. The average molecular weight is 476 g/mol. The van der Waals surface area contributed by atoms with E-state index in [9.17, 15) is 8.42 Å². The van der Waals surface area contributed by atoms with Gasteiger partial charge >= 0.3 is 0 Å². The van der Waals surface area contributed by atoms with Crippen molar-refractivity contribution >= 4 is 72.5 Å². The van der Waals surface area contributed by atoms with E-state index in [0.717, 1.165) is 9.37 Å². The Hall–Kier alpha value is 0.0500. The molecule has 0 heterocycles. The van der Waals surface area contributed by atoms with E-state index in [1.165, 1.54) is 12.1 Å². The molecular weight excluding hydrogens is 465 g/mol. The van der Waals surface area contributed by atoms with Crippen LogP contribution in [0.1, 0.15) is 0 Å². The molecule has 0 saturated heterocycles. The lowest BCUT2D eigenvalue weighted by atomic mass is 10.4. The highest BCUT2D eigenvalue weighted by atomic mass is 79.9. The summed E-state index contributed by atoms with van der Waals surface area (Å²) in [5, 5.41) is 0.161. The van der Waals surface area contributed by atoms with E-state index in [1.54, 1.807) is 11.8 Å². The summed E-state index contributed by atoms with van der Waals surface area (Å²) < 4.78 is 28.0. The van der Waals surface area contributed by atoms with E-state index in [1.807, 2.05) is 24.3 Å². The third-order valence-electron chi connectivity index (χ3n) is 2.77. The largest absolute Gasteiger partial charge is 0.242 e. The molecule has 0 spiro atoms. The van der Waals surface area contributed by atoms with Crippen LogP contribution in [0, 0.1) is 0 Å². The summed E-state index contributed by atoms with van der Waals surface area (Å²) in [6.45, 7) is 0.264. The van der Waals surface area contributed by atoms with Gasteiger partial charge < -0.3 is 0 Å². The van der Waals surface area contributed by atoms with Crippen LogP contribution in [-0.2, 0) is 10.0 Å². The Morgan fingerprint density at radius 1 is 1.00 bits per heavy atom. The van der Waals surface area contributed by atoms with Crippen molar-refractivity contribution in [1.82, 2.24) is 4.72 Å². The normalized spacial score (nSPS) is 11.7. The summed E-state index contributed by atoms with van der Waals surface area (Å²) >= 11 is 22.6. The fourth-order valence-electron chi connectivity index (χ4n) is 1.67. The quantitative estimate of drug-likeness (QED) is 0.342. The zero-order valence-corrected chi connectivity index (χ0v) is 17.0. The lowest BCUT2D eigenvalue weighted by Gasteiger charge is -2.10. The standard InChI is InChI=1S/C14H11BrCl3NO2S2/c15-9-1-3-10(4-2-9)22-8-7-19-23(20,21)12-6-5-11(16)13(17)14(12)18/h1-6,19H,7-8H2. The van der Waals surface area contributed by atoms with Crippen LogP contribution in [0.15, 0.2) is 50.7 Å². The number of nitrogens with one attached hydrogen (secondary N) is 1. The zero-order chi connectivity index (χ0) is 17.0. The summed E-state index contributed by atoms with van der Waals surface area (Å²) in [7, 11) is -3.74. The van der Waals surface area contributed by atoms with Crippen LogP contribution in [0.5, 0.6) is 0 Å². The average Bonchev–Trinajstić information content (AvgIpc) is 2.51. The van der Waals surface area contributed by atoms with Crippen LogP contribution in [0.3, 0.4) is 0 Å². The molecule has 0 aromatic heterocycles. The Morgan fingerprint density at radius 2 is 1.65 bits per heavy atom. The van der Waals surface area contributed by atoms with Crippen molar-refractivity contribution < 1.29 is 8.42 Å². The maximum atomic E-state index is 12.3. The first-order valence-corrected chi connectivity index (χ1v) is 10.7. The van der Waals surface area contributed by atoms with Gasteiger partial charge in [-0.15, -0.1) is 11.8 Å². The first-order valence-electron chi connectivity index (χ1n) is 6.33. The van der Waals surface area contributed by atoms with Crippen LogP contribution in [0.25, 0.3) is 0 Å². The van der Waals surface area contributed by atoms with E-state index >= 15 is 0 Å². The third-order valence-corrected chi connectivity index (χ3v) is 7.22. The highest BCUT2D eigenvalue weighted by Gasteiger charge is 2.20. The van der Waals surface area contributed by atoms with Crippen molar-refractivity contribution in [3.05, 3.63) is 55.9 Å². The number of rotatable bonds is 6. The molecule has 3 nitrogen and oxygen atoms in total. The minimum atomic E-state index is -3.74. The molecule has 0 unspecified atom stereocenters. The van der Waals surface area contributed by atoms with Gasteiger partial charge in [-0.3, -0.25) is 0 Å². The van der Waals surface area contributed by atoms with Gasteiger partial charge in [-0.05, 0) is 36.4 Å². The Bertz CT molecular complexity index is 798. The highest BCUT2D eigenvalue weighted by molar-refractivity contribution is 9.10. The smallest absolute Gasteiger partial charge is 0.210 e. The van der Waals surface area contributed by atoms with Crippen molar-refractivity contribution in [2.45, 2.75) is 9.79 Å². The lowest BCUT2D eigenvalue weighted by molar-refractivity contribution is 0.584. The lowest BCUT2D eigenvalue weighted by Crippen LogP contribution is -2.26. The maximum Gasteiger partial charge on any atom is 0.242 e. The number of thioether (sulfide) groups is 1. The van der Waals surface area contributed by atoms with Crippen LogP contribution in [0.2, 0.25) is 15.1 Å². The topological polar surface area (TPSA) is 46.2 Å². The monoisotopic (exact) mass is 473 g/mol. The van der Waals surface area contributed by atoms with Crippen LogP contribution < -0.4 is 4.72 Å². The Morgan fingerprint density at radius 3 is 2.30 bits per heavy atom. The molecule has 1 N–H and O–H groups in total. The Balaban J connectivity index is 1.97. The number of sulfonamides is 1. The van der Waals surface area contributed by atoms with Gasteiger partial charge in [0.2, 0.25) is 10.0 Å². The van der Waals surface area contributed by atoms with Crippen LogP contribution >= 0.6 is 62.5 Å². The van der Waals surface area contributed by atoms with Gasteiger partial charge in [0.15, 0.2) is 0 Å². The maximum absolute atomic E-state index is 12.3. The number of halogens is 4. The summed E-state index contributed by atoms with van der Waals surface area (Å²) in [4.78, 5) is 0.974. The van der Waals surface area contributed by atoms with Gasteiger partial charge in [0.1, 0.15) is 4.90 Å². The zero-order valence-electron chi connectivity index (χ0n) is 11.5. The van der Waals surface area contributed by atoms with Gasteiger partial charge in [0, 0.05) is 21.7 Å². The molecule has 23 heavy (non-hydrogen) atoms. The van der Waals surface area contributed by atoms with Gasteiger partial charge in [-0.2, -0.15) is 0 Å². The summed E-state index contributed by atoms with van der Waals surface area (Å²) in [5.41, 5.74) is 0. The summed E-state index contributed by atoms with van der Waals surface area (Å²) in [6.07, 6.45) is 0. The molecule has 0 fully saturated rings. The molecular formula is C14H11BrCl3NO2S2. The minimum Gasteiger partial charge on any atom is -0.210 e. The summed E-state index contributed by atoms with van der Waals surface area (Å²) in [6, 6.07) is 10.5. The van der Waals surface area contributed by atoms with Crippen LogP contribution in [0.4, 0.5) is 0 Å². The molecule has 0 atom stereocenters. The molecule has 0 aliphatic heterocycles. The van der Waals surface area contributed by atoms with E-state index < -0.39 is 10.0 Å². The highest BCUT2D eigenvalue weighted by Crippen LogP contribution is 2.34. The molecule has 0 saturated carbocycles. The number of hydrogen-bond acceptors (Lipinski definition) is 3. The van der Waals surface area contributed by atoms with Gasteiger partial charge in [0.25, 0.3) is 0 Å². The first kappa shape index (κ1) is 19.4.